The molecule has 0 heterocycles. The van der Waals surface area contributed by atoms with Gasteiger partial charge in [-0.15, -0.1) is 0 Å². The molecule has 0 aliphatic heterocycles. The Morgan fingerprint density at radius 2 is 1.84 bits per heavy atom. The highest BCUT2D eigenvalue weighted by Crippen LogP contribution is 2.29. The standard InChI is InChI=1S/C21H23N3O6S/c1-5-30-17-9-7-6-8-16(17)23-21(26)15(13-22)20(25)14-10-11-18(29-4)19(12-14)31(27,28)24(2)3/h6-12,15H,5H2,1-4H3,(H,23,26). The first kappa shape index (κ1) is 23.9. The van der Waals surface area contributed by atoms with Crippen molar-refractivity contribution < 1.29 is 27.5 Å². The van der Waals surface area contributed by atoms with Gasteiger partial charge in [0.25, 0.3) is 0 Å². The monoisotopic (exact) mass is 445 g/mol. The Hall–Kier alpha value is -3.42. The van der Waals surface area contributed by atoms with Gasteiger partial charge in [-0.3, -0.25) is 9.59 Å². The van der Waals surface area contributed by atoms with Gasteiger partial charge in [0.1, 0.15) is 16.4 Å². The fraction of sp³-hybridized carbons (Fsp3) is 0.286. The zero-order valence-electron chi connectivity index (χ0n) is 17.6. The van der Waals surface area contributed by atoms with Crippen LogP contribution >= 0.6 is 0 Å². The Bertz CT molecular complexity index is 1120. The van der Waals surface area contributed by atoms with Crippen molar-refractivity contribution in [1.29, 1.82) is 5.26 Å². The van der Waals surface area contributed by atoms with E-state index in [1.54, 1.807) is 37.3 Å². The van der Waals surface area contributed by atoms with Crippen LogP contribution in [-0.4, -0.2) is 52.2 Å². The first-order valence-electron chi connectivity index (χ1n) is 9.24. The van der Waals surface area contributed by atoms with Crippen LogP contribution in [0.25, 0.3) is 0 Å². The van der Waals surface area contributed by atoms with E-state index in [1.165, 1.54) is 33.3 Å². The molecule has 31 heavy (non-hydrogen) atoms. The van der Waals surface area contributed by atoms with E-state index in [4.69, 9.17) is 9.47 Å². The lowest BCUT2D eigenvalue weighted by molar-refractivity contribution is -0.117. The topological polar surface area (TPSA) is 126 Å². The van der Waals surface area contributed by atoms with Crippen LogP contribution in [0, 0.1) is 17.2 Å². The number of hydrogen-bond acceptors (Lipinski definition) is 7. The van der Waals surface area contributed by atoms with Crippen LogP contribution in [0.15, 0.2) is 47.4 Å². The maximum Gasteiger partial charge on any atom is 0.249 e. The smallest absolute Gasteiger partial charge is 0.249 e. The zero-order valence-corrected chi connectivity index (χ0v) is 18.4. The highest BCUT2D eigenvalue weighted by molar-refractivity contribution is 7.89. The van der Waals surface area contributed by atoms with E-state index in [0.29, 0.717) is 18.0 Å². The number of sulfonamides is 1. The number of carbonyl (C=O) groups excluding carboxylic acids is 2. The van der Waals surface area contributed by atoms with Crippen molar-refractivity contribution in [3.05, 3.63) is 48.0 Å². The van der Waals surface area contributed by atoms with Crippen LogP contribution in [0.2, 0.25) is 0 Å². The van der Waals surface area contributed by atoms with E-state index in [1.807, 2.05) is 0 Å². The normalized spacial score (nSPS) is 12.0. The number of para-hydroxylation sites is 2. The van der Waals surface area contributed by atoms with Gasteiger partial charge in [-0.05, 0) is 37.3 Å². The lowest BCUT2D eigenvalue weighted by Crippen LogP contribution is -2.29. The Morgan fingerprint density at radius 1 is 1.16 bits per heavy atom. The van der Waals surface area contributed by atoms with Crippen molar-refractivity contribution in [2.75, 3.05) is 33.1 Å². The lowest BCUT2D eigenvalue weighted by Gasteiger charge is -2.16. The van der Waals surface area contributed by atoms with Crippen molar-refractivity contribution >= 4 is 27.4 Å². The molecule has 1 amide bonds. The van der Waals surface area contributed by atoms with Gasteiger partial charge in [0.2, 0.25) is 15.9 Å². The number of carbonyl (C=O) groups is 2. The summed E-state index contributed by atoms with van der Waals surface area (Å²) in [5.74, 6) is -2.96. The molecule has 0 saturated heterocycles. The summed E-state index contributed by atoms with van der Waals surface area (Å²) < 4.78 is 36.6. The predicted molar refractivity (Wildman–Crippen MR) is 114 cm³/mol. The fourth-order valence-electron chi connectivity index (χ4n) is 2.69. The molecule has 2 aromatic rings. The molecule has 0 fully saturated rings. The van der Waals surface area contributed by atoms with E-state index >= 15 is 0 Å². The van der Waals surface area contributed by atoms with E-state index in [2.05, 4.69) is 5.32 Å². The third-order valence-corrected chi connectivity index (χ3v) is 6.14. The Labute approximate surface area is 181 Å². The maximum atomic E-state index is 12.9. The molecular formula is C21H23N3O6S. The summed E-state index contributed by atoms with van der Waals surface area (Å²) in [7, 11) is 0.0416. The summed E-state index contributed by atoms with van der Waals surface area (Å²) in [6, 6.07) is 12.0. The summed E-state index contributed by atoms with van der Waals surface area (Å²) in [6.07, 6.45) is 0. The molecule has 0 aromatic heterocycles. The molecule has 0 aliphatic carbocycles. The summed E-state index contributed by atoms with van der Waals surface area (Å²) in [5.41, 5.74) is 0.203. The van der Waals surface area contributed by atoms with Gasteiger partial charge in [-0.25, -0.2) is 12.7 Å². The highest BCUT2D eigenvalue weighted by atomic mass is 32.2. The number of anilines is 1. The molecule has 1 unspecified atom stereocenters. The first-order chi connectivity index (χ1) is 14.7. The second kappa shape index (κ2) is 10.1. The minimum atomic E-state index is -3.93. The molecule has 0 saturated carbocycles. The van der Waals surface area contributed by atoms with Gasteiger partial charge >= 0.3 is 0 Å². The summed E-state index contributed by atoms with van der Waals surface area (Å²) in [4.78, 5) is 25.3. The van der Waals surface area contributed by atoms with Crippen molar-refractivity contribution in [3.8, 4) is 17.6 Å². The van der Waals surface area contributed by atoms with Crippen LogP contribution < -0.4 is 14.8 Å². The van der Waals surface area contributed by atoms with Gasteiger partial charge in [0.15, 0.2) is 11.7 Å². The second-order valence-corrected chi connectivity index (χ2v) is 8.62. The quantitative estimate of drug-likeness (QED) is 0.464. The SMILES string of the molecule is CCOc1ccccc1NC(=O)C(C#N)C(=O)c1ccc(OC)c(S(=O)(=O)N(C)C)c1. The molecule has 0 radical (unpaired) electrons. The third-order valence-electron chi connectivity index (χ3n) is 4.31. The molecule has 2 rings (SSSR count). The number of ether oxygens (including phenoxy) is 2. The Kier molecular flexibility index (Phi) is 7.74. The minimum absolute atomic E-state index is 0.0360. The average molecular weight is 445 g/mol. The van der Waals surface area contributed by atoms with Gasteiger partial charge in [0.05, 0.1) is 25.5 Å². The number of nitrogens with zero attached hydrogens (tertiary/aromatic N) is 2. The summed E-state index contributed by atoms with van der Waals surface area (Å²) in [5, 5.41) is 12.0. The molecule has 1 N–H and O–H groups in total. The zero-order chi connectivity index (χ0) is 23.2. The van der Waals surface area contributed by atoms with Crippen LogP contribution in [-0.2, 0) is 14.8 Å². The number of rotatable bonds is 9. The molecule has 0 bridgehead atoms. The van der Waals surface area contributed by atoms with E-state index < -0.39 is 27.6 Å². The molecule has 164 valence electrons. The number of nitriles is 1. The third kappa shape index (κ3) is 5.20. The number of nitrogens with one attached hydrogen (secondary N) is 1. The van der Waals surface area contributed by atoms with Crippen molar-refractivity contribution in [3.63, 3.8) is 0 Å². The molecule has 0 aliphatic rings. The first-order valence-corrected chi connectivity index (χ1v) is 10.7. The summed E-state index contributed by atoms with van der Waals surface area (Å²) >= 11 is 0. The second-order valence-electron chi connectivity index (χ2n) is 6.50. The van der Waals surface area contributed by atoms with E-state index in [-0.39, 0.29) is 16.2 Å². The molecular weight excluding hydrogens is 422 g/mol. The van der Waals surface area contributed by atoms with Crippen LogP contribution in [0.1, 0.15) is 17.3 Å². The molecule has 2 aromatic carbocycles. The van der Waals surface area contributed by atoms with Crippen LogP contribution in [0.5, 0.6) is 11.5 Å². The van der Waals surface area contributed by atoms with E-state index in [9.17, 15) is 23.3 Å². The van der Waals surface area contributed by atoms with Gasteiger partial charge in [-0.2, -0.15) is 5.26 Å². The maximum absolute atomic E-state index is 12.9. The van der Waals surface area contributed by atoms with Crippen molar-refractivity contribution in [2.24, 2.45) is 5.92 Å². The van der Waals surface area contributed by atoms with Crippen molar-refractivity contribution in [2.45, 2.75) is 11.8 Å². The number of methoxy groups -OCH3 is 1. The number of ketones is 1. The number of hydrogen-bond donors (Lipinski definition) is 1. The average Bonchev–Trinajstić information content (AvgIpc) is 2.75. The number of benzene rings is 2. The highest BCUT2D eigenvalue weighted by Gasteiger charge is 2.31. The fourth-order valence-corrected chi connectivity index (χ4v) is 3.76. The van der Waals surface area contributed by atoms with Crippen LogP contribution in [0.3, 0.4) is 0 Å². The Morgan fingerprint density at radius 3 is 2.42 bits per heavy atom. The molecule has 9 nitrogen and oxygen atoms in total. The predicted octanol–water partition coefficient (Wildman–Crippen LogP) is 2.31. The molecule has 1 atom stereocenters. The van der Waals surface area contributed by atoms with Gasteiger partial charge in [0, 0.05) is 19.7 Å². The van der Waals surface area contributed by atoms with Crippen LogP contribution in [0.4, 0.5) is 5.69 Å². The number of amides is 1. The largest absolute Gasteiger partial charge is 0.495 e. The minimum Gasteiger partial charge on any atom is -0.495 e. The summed E-state index contributed by atoms with van der Waals surface area (Å²) in [6.45, 7) is 2.14. The number of Topliss-reactive ketones (excluding diaryl/α,β-unsaturated/α-hetero) is 1. The van der Waals surface area contributed by atoms with E-state index in [0.717, 1.165) is 10.4 Å². The van der Waals surface area contributed by atoms with Crippen molar-refractivity contribution in [1.82, 2.24) is 4.31 Å². The Balaban J connectivity index is 2.39. The molecule has 10 heteroatoms. The lowest BCUT2D eigenvalue weighted by atomic mass is 9.97. The van der Waals surface area contributed by atoms with Gasteiger partial charge in [-0.1, -0.05) is 12.1 Å². The molecule has 0 spiro atoms. The van der Waals surface area contributed by atoms with Gasteiger partial charge < -0.3 is 14.8 Å².